The number of rotatable bonds is 12. The Balaban J connectivity index is 1.16. The Bertz CT molecular complexity index is 1860. The zero-order valence-electron chi connectivity index (χ0n) is 27.8. The van der Waals surface area contributed by atoms with Crippen LogP contribution >= 0.6 is 11.6 Å². The number of nitrogens with two attached hydrogens (primary N) is 1. The van der Waals surface area contributed by atoms with Gasteiger partial charge in [0, 0.05) is 37.8 Å². The number of halogens is 1. The molecular formula is C40H41ClN4O4. The third-order valence-electron chi connectivity index (χ3n) is 9.47. The van der Waals surface area contributed by atoms with Crippen LogP contribution in [0.2, 0.25) is 5.02 Å². The normalized spacial score (nSPS) is 16.1. The first-order chi connectivity index (χ1) is 23.9. The van der Waals surface area contributed by atoms with Gasteiger partial charge in [0.25, 0.3) is 0 Å². The fraction of sp³-hybridized carbons (Fsp3) is 0.350. The highest BCUT2D eigenvalue weighted by molar-refractivity contribution is 6.32. The quantitative estimate of drug-likeness (QED) is 0.149. The molecule has 49 heavy (non-hydrogen) atoms. The highest BCUT2D eigenvalue weighted by Gasteiger charge is 2.28. The number of piperidine rings is 1. The lowest BCUT2D eigenvalue weighted by molar-refractivity contribution is 0.0800. The van der Waals surface area contributed by atoms with Crippen LogP contribution in [0.1, 0.15) is 70.7 Å². The van der Waals surface area contributed by atoms with Crippen LogP contribution in [0.4, 0.5) is 0 Å². The van der Waals surface area contributed by atoms with E-state index in [0.29, 0.717) is 39.8 Å². The fourth-order valence-electron chi connectivity index (χ4n) is 6.85. The highest BCUT2D eigenvalue weighted by Crippen LogP contribution is 2.44. The molecule has 3 N–H and O–H groups in total. The Labute approximate surface area is 293 Å². The number of likely N-dealkylation sites (tertiary alicyclic amines) is 1. The van der Waals surface area contributed by atoms with Crippen molar-refractivity contribution in [2.75, 3.05) is 26.2 Å². The minimum Gasteiger partial charge on any atom is -0.493 e. The van der Waals surface area contributed by atoms with Gasteiger partial charge in [-0.15, -0.1) is 0 Å². The molecule has 1 saturated heterocycles. The van der Waals surface area contributed by atoms with Crippen molar-refractivity contribution in [3.63, 3.8) is 0 Å². The third kappa shape index (κ3) is 8.02. The largest absolute Gasteiger partial charge is 0.493 e. The molecule has 6 rings (SSSR count). The maximum absolute atomic E-state index is 9.77. The van der Waals surface area contributed by atoms with Gasteiger partial charge >= 0.3 is 0 Å². The zero-order valence-corrected chi connectivity index (χ0v) is 28.5. The molecule has 1 fully saturated rings. The summed E-state index contributed by atoms with van der Waals surface area (Å²) in [5.74, 6) is 1.95. The van der Waals surface area contributed by atoms with Crippen molar-refractivity contribution in [3.05, 3.63) is 111 Å². The van der Waals surface area contributed by atoms with Gasteiger partial charge in [-0.05, 0) is 103 Å². The first kappa shape index (κ1) is 34.3. The van der Waals surface area contributed by atoms with Crippen LogP contribution in [0, 0.1) is 29.6 Å². The maximum Gasteiger partial charge on any atom is 0.142 e. The van der Waals surface area contributed by atoms with Gasteiger partial charge in [-0.2, -0.15) is 10.5 Å². The molecule has 0 radical (unpaired) electrons. The standard InChI is InChI=1S/C40H41ClN4O4/c1-26-32(5-3-8-37(26)47-16-4-13-45-14-11-31(46)12-15-45)33-6-2-7-35-34(33)9-10-38(35)49-40-21-39(30(24-44)20-36(40)41)48-25-29-18-27(22-42)17-28(19-29)23-43/h2-3,5-8,17-21,31,38,46H,4,9-16,24-25,44H2,1H3. The topological polar surface area (TPSA) is 125 Å². The Morgan fingerprint density at radius 3 is 2.37 bits per heavy atom. The second kappa shape index (κ2) is 15.8. The number of fused-ring (bicyclic) bond motifs is 1. The monoisotopic (exact) mass is 676 g/mol. The summed E-state index contributed by atoms with van der Waals surface area (Å²) in [6, 6.07) is 25.3. The van der Waals surface area contributed by atoms with E-state index in [1.54, 1.807) is 30.3 Å². The number of nitriles is 2. The molecule has 0 amide bonds. The number of hydrogen-bond donors (Lipinski definition) is 2. The molecule has 9 heteroatoms. The molecule has 0 aromatic heterocycles. The van der Waals surface area contributed by atoms with E-state index in [2.05, 4.69) is 54.3 Å². The van der Waals surface area contributed by atoms with Gasteiger partial charge in [-0.1, -0.05) is 41.9 Å². The van der Waals surface area contributed by atoms with Gasteiger partial charge in [0.1, 0.15) is 30.0 Å². The molecule has 1 unspecified atom stereocenters. The molecular weight excluding hydrogens is 636 g/mol. The van der Waals surface area contributed by atoms with E-state index in [-0.39, 0.29) is 25.4 Å². The summed E-state index contributed by atoms with van der Waals surface area (Å²) >= 11 is 6.71. The molecule has 252 valence electrons. The van der Waals surface area contributed by atoms with Gasteiger partial charge in [0.15, 0.2) is 0 Å². The SMILES string of the molecule is Cc1c(OCCCN2CCC(O)CC2)cccc1-c1cccc2c1CCC2Oc1cc(OCc2cc(C#N)cc(C#N)c2)c(CN)cc1Cl. The lowest BCUT2D eigenvalue weighted by Gasteiger charge is -2.29. The fourth-order valence-corrected chi connectivity index (χ4v) is 7.08. The predicted octanol–water partition coefficient (Wildman–Crippen LogP) is 7.39. The molecule has 1 aliphatic carbocycles. The lowest BCUT2D eigenvalue weighted by Crippen LogP contribution is -2.36. The van der Waals surface area contributed by atoms with E-state index in [9.17, 15) is 15.6 Å². The molecule has 0 bridgehead atoms. The average Bonchev–Trinajstić information content (AvgIpc) is 3.54. The van der Waals surface area contributed by atoms with Crippen molar-refractivity contribution in [1.29, 1.82) is 10.5 Å². The number of ether oxygens (including phenoxy) is 3. The van der Waals surface area contributed by atoms with Gasteiger partial charge < -0.3 is 30.0 Å². The maximum atomic E-state index is 9.77. The van der Waals surface area contributed by atoms with Crippen molar-refractivity contribution in [1.82, 2.24) is 4.90 Å². The molecule has 0 spiro atoms. The second-order valence-corrected chi connectivity index (χ2v) is 13.2. The molecule has 0 saturated carbocycles. The van der Waals surface area contributed by atoms with Crippen molar-refractivity contribution in [2.24, 2.45) is 5.73 Å². The molecule has 2 aliphatic rings. The summed E-state index contributed by atoms with van der Waals surface area (Å²) in [5, 5.41) is 28.9. The Morgan fingerprint density at radius 2 is 1.63 bits per heavy atom. The Hall–Kier alpha value is -4.57. The Kier molecular flexibility index (Phi) is 11.0. The van der Waals surface area contributed by atoms with E-state index in [1.165, 1.54) is 11.1 Å². The molecule has 1 heterocycles. The van der Waals surface area contributed by atoms with Gasteiger partial charge in [0.05, 0.1) is 41.0 Å². The summed E-state index contributed by atoms with van der Waals surface area (Å²) in [7, 11) is 0. The zero-order chi connectivity index (χ0) is 34.3. The van der Waals surface area contributed by atoms with Gasteiger partial charge in [0.2, 0.25) is 0 Å². The number of aliphatic hydroxyl groups is 1. The number of hydrogen-bond acceptors (Lipinski definition) is 8. The summed E-state index contributed by atoms with van der Waals surface area (Å²) in [4.78, 5) is 2.40. The second-order valence-electron chi connectivity index (χ2n) is 12.7. The van der Waals surface area contributed by atoms with Crippen molar-refractivity contribution in [2.45, 2.75) is 64.4 Å². The molecule has 1 atom stereocenters. The van der Waals surface area contributed by atoms with Crippen molar-refractivity contribution >= 4 is 11.6 Å². The summed E-state index contributed by atoms with van der Waals surface area (Å²) in [6.07, 6.45) is 3.97. The molecule has 4 aromatic rings. The number of benzene rings is 4. The predicted molar refractivity (Wildman–Crippen MR) is 190 cm³/mol. The highest BCUT2D eigenvalue weighted by atomic mass is 35.5. The third-order valence-corrected chi connectivity index (χ3v) is 9.77. The number of nitrogens with zero attached hydrogens (tertiary/aromatic N) is 3. The van der Waals surface area contributed by atoms with E-state index in [1.807, 2.05) is 6.07 Å². The van der Waals surface area contributed by atoms with E-state index in [0.717, 1.165) is 79.7 Å². The lowest BCUT2D eigenvalue weighted by atomic mass is 9.93. The summed E-state index contributed by atoms with van der Waals surface area (Å²) < 4.78 is 19.0. The van der Waals surface area contributed by atoms with Crippen LogP contribution in [0.3, 0.4) is 0 Å². The van der Waals surface area contributed by atoms with Gasteiger partial charge in [-0.3, -0.25) is 0 Å². The molecule has 8 nitrogen and oxygen atoms in total. The van der Waals surface area contributed by atoms with E-state index in [4.69, 9.17) is 31.5 Å². The van der Waals surface area contributed by atoms with Crippen molar-refractivity contribution in [3.8, 4) is 40.5 Å². The number of aliphatic hydroxyl groups excluding tert-OH is 1. The Morgan fingerprint density at radius 1 is 0.898 bits per heavy atom. The summed E-state index contributed by atoms with van der Waals surface area (Å²) in [6.45, 7) is 6.02. The minimum atomic E-state index is -0.190. The minimum absolute atomic E-state index is 0.152. The van der Waals surface area contributed by atoms with Crippen LogP contribution in [0.25, 0.3) is 11.1 Å². The smallest absolute Gasteiger partial charge is 0.142 e. The van der Waals surface area contributed by atoms with Crippen LogP contribution < -0.4 is 19.9 Å². The van der Waals surface area contributed by atoms with Crippen LogP contribution in [0.15, 0.2) is 66.7 Å². The van der Waals surface area contributed by atoms with Gasteiger partial charge in [-0.25, -0.2) is 0 Å². The molecule has 1 aliphatic heterocycles. The first-order valence-corrected chi connectivity index (χ1v) is 17.3. The van der Waals surface area contributed by atoms with E-state index < -0.39 is 0 Å². The van der Waals surface area contributed by atoms with Crippen LogP contribution in [0.5, 0.6) is 17.2 Å². The van der Waals surface area contributed by atoms with Crippen molar-refractivity contribution < 1.29 is 19.3 Å². The average molecular weight is 677 g/mol. The molecule has 4 aromatic carbocycles. The van der Waals surface area contributed by atoms with E-state index >= 15 is 0 Å². The van der Waals surface area contributed by atoms with Crippen LogP contribution in [-0.4, -0.2) is 42.4 Å². The van der Waals surface area contributed by atoms with Crippen LogP contribution in [-0.2, 0) is 19.6 Å². The first-order valence-electron chi connectivity index (χ1n) is 16.9. The summed E-state index contributed by atoms with van der Waals surface area (Å²) in [5.41, 5.74) is 14.1.